The summed E-state index contributed by atoms with van der Waals surface area (Å²) >= 11 is 1.50. The smallest absolute Gasteiger partial charge is 0.154 e. The molecule has 4 nitrogen and oxygen atoms in total. The van der Waals surface area contributed by atoms with Gasteiger partial charge in [0, 0.05) is 17.2 Å². The minimum atomic E-state index is -0.846. The molecule has 0 saturated carbocycles. The molecule has 144 valence electrons. The van der Waals surface area contributed by atoms with Crippen molar-refractivity contribution in [1.29, 1.82) is 0 Å². The van der Waals surface area contributed by atoms with Gasteiger partial charge in [-0.1, -0.05) is 48.7 Å². The standard InChI is InChI=1S/C21H25FN2O2S/c1-3-4-10-19(22)15(2)21-14-26-18(11-16(21)13-27-20(23)24-21)12-25-17-8-6-5-7-9-17/h3-10,16,18H,2,11-14H2,1H3,(H2,23,24)/b4-3-,19-10+/t16-,18+,21+/m0/s1. The fourth-order valence-electron chi connectivity index (χ4n) is 3.40. The van der Waals surface area contributed by atoms with Gasteiger partial charge in [0.1, 0.15) is 23.7 Å². The summed E-state index contributed by atoms with van der Waals surface area (Å²) in [6, 6.07) is 9.64. The summed E-state index contributed by atoms with van der Waals surface area (Å²) < 4.78 is 26.5. The van der Waals surface area contributed by atoms with E-state index in [1.54, 1.807) is 12.2 Å². The Morgan fingerprint density at radius 2 is 2.26 bits per heavy atom. The third-order valence-electron chi connectivity index (χ3n) is 4.93. The number of nitrogens with zero attached hydrogens (tertiary/aromatic N) is 1. The number of nitrogens with two attached hydrogens (primary N) is 1. The van der Waals surface area contributed by atoms with Crippen molar-refractivity contribution < 1.29 is 13.9 Å². The second-order valence-corrected chi connectivity index (χ2v) is 7.73. The van der Waals surface area contributed by atoms with Gasteiger partial charge >= 0.3 is 0 Å². The summed E-state index contributed by atoms with van der Waals surface area (Å²) in [4.78, 5) is 4.60. The monoisotopic (exact) mass is 388 g/mol. The Balaban J connectivity index is 1.74. The molecule has 0 bridgehead atoms. The van der Waals surface area contributed by atoms with Crippen molar-refractivity contribution in [3.8, 4) is 5.75 Å². The van der Waals surface area contributed by atoms with Crippen LogP contribution in [0.4, 0.5) is 4.39 Å². The van der Waals surface area contributed by atoms with E-state index in [0.29, 0.717) is 23.8 Å². The van der Waals surface area contributed by atoms with E-state index >= 15 is 0 Å². The summed E-state index contributed by atoms with van der Waals surface area (Å²) in [5.41, 5.74) is 5.45. The lowest BCUT2D eigenvalue weighted by Crippen LogP contribution is -2.54. The van der Waals surface area contributed by atoms with Crippen molar-refractivity contribution in [2.45, 2.75) is 25.0 Å². The van der Waals surface area contributed by atoms with Crippen molar-refractivity contribution in [1.82, 2.24) is 0 Å². The number of thioether (sulfide) groups is 1. The Kier molecular flexibility index (Phi) is 6.39. The van der Waals surface area contributed by atoms with Crippen LogP contribution in [0.25, 0.3) is 0 Å². The highest BCUT2D eigenvalue weighted by Crippen LogP contribution is 2.45. The molecule has 0 spiro atoms. The van der Waals surface area contributed by atoms with E-state index in [0.717, 1.165) is 11.5 Å². The average Bonchev–Trinajstić information content (AvgIpc) is 2.70. The predicted octanol–water partition coefficient (Wildman–Crippen LogP) is 4.26. The molecular weight excluding hydrogens is 363 g/mol. The minimum Gasteiger partial charge on any atom is -0.491 e. The largest absolute Gasteiger partial charge is 0.491 e. The number of ether oxygens (including phenoxy) is 2. The van der Waals surface area contributed by atoms with E-state index in [1.165, 1.54) is 17.8 Å². The zero-order chi connectivity index (χ0) is 19.3. The van der Waals surface area contributed by atoms with Crippen molar-refractivity contribution in [3.63, 3.8) is 0 Å². The number of fused-ring (bicyclic) bond motifs is 1. The summed E-state index contributed by atoms with van der Waals surface area (Å²) in [6.45, 7) is 6.53. The minimum absolute atomic E-state index is 0.0752. The topological polar surface area (TPSA) is 56.8 Å². The Bertz CT molecular complexity index is 763. The highest BCUT2D eigenvalue weighted by molar-refractivity contribution is 8.13. The number of para-hydroxylation sites is 1. The molecule has 1 saturated heterocycles. The van der Waals surface area contributed by atoms with Crippen LogP contribution in [0.2, 0.25) is 0 Å². The number of benzene rings is 1. The molecule has 2 heterocycles. The highest BCUT2D eigenvalue weighted by atomic mass is 32.2. The Labute approximate surface area is 164 Å². The molecule has 2 N–H and O–H groups in total. The number of halogens is 1. The summed E-state index contributed by atoms with van der Waals surface area (Å²) in [5, 5.41) is 0.453. The van der Waals surface area contributed by atoms with Gasteiger partial charge in [-0.3, -0.25) is 0 Å². The van der Waals surface area contributed by atoms with Crippen LogP contribution in [-0.4, -0.2) is 35.8 Å². The van der Waals surface area contributed by atoms with Gasteiger partial charge in [-0.15, -0.1) is 0 Å². The van der Waals surface area contributed by atoms with Crippen LogP contribution >= 0.6 is 11.8 Å². The lowest BCUT2D eigenvalue weighted by molar-refractivity contribution is -0.0597. The van der Waals surface area contributed by atoms with Crippen LogP contribution < -0.4 is 10.5 Å². The van der Waals surface area contributed by atoms with Gasteiger partial charge in [0.2, 0.25) is 0 Å². The fourth-order valence-corrected chi connectivity index (χ4v) is 4.41. The number of hydrogen-bond donors (Lipinski definition) is 1. The van der Waals surface area contributed by atoms with Crippen molar-refractivity contribution in [2.24, 2.45) is 16.6 Å². The van der Waals surface area contributed by atoms with E-state index in [9.17, 15) is 4.39 Å². The Hall–Kier alpha value is -2.05. The van der Waals surface area contributed by atoms with Crippen molar-refractivity contribution >= 4 is 16.9 Å². The molecule has 2 aliphatic rings. The molecule has 1 fully saturated rings. The number of hydrogen-bond acceptors (Lipinski definition) is 5. The van der Waals surface area contributed by atoms with Gasteiger partial charge in [0.25, 0.3) is 0 Å². The quantitative estimate of drug-likeness (QED) is 0.740. The van der Waals surface area contributed by atoms with Crippen LogP contribution in [-0.2, 0) is 4.74 Å². The second kappa shape index (κ2) is 8.76. The Morgan fingerprint density at radius 1 is 1.48 bits per heavy atom. The lowest BCUT2D eigenvalue weighted by atomic mass is 9.75. The lowest BCUT2D eigenvalue weighted by Gasteiger charge is -2.46. The van der Waals surface area contributed by atoms with Crippen LogP contribution in [0.1, 0.15) is 13.3 Å². The summed E-state index contributed by atoms with van der Waals surface area (Å²) in [7, 11) is 0. The first-order valence-corrected chi connectivity index (χ1v) is 9.99. The van der Waals surface area contributed by atoms with E-state index in [4.69, 9.17) is 15.2 Å². The molecule has 0 radical (unpaired) electrons. The maximum atomic E-state index is 14.6. The van der Waals surface area contributed by atoms with Crippen molar-refractivity contribution in [3.05, 3.63) is 66.5 Å². The molecule has 6 heteroatoms. The average molecular weight is 389 g/mol. The van der Waals surface area contributed by atoms with Crippen LogP contribution in [0.3, 0.4) is 0 Å². The molecule has 3 rings (SSSR count). The number of aliphatic imine (C=N–C) groups is 1. The van der Waals surface area contributed by atoms with Crippen LogP contribution in [0.15, 0.2) is 71.5 Å². The SMILES string of the molecule is C=C(/C(F)=C\C=C/C)[C@]12CO[C@@H](COc3ccccc3)C[C@H]1CSC(N)=N2. The van der Waals surface area contributed by atoms with Crippen LogP contribution in [0, 0.1) is 5.92 Å². The maximum Gasteiger partial charge on any atom is 0.154 e. The van der Waals surface area contributed by atoms with Gasteiger partial charge in [0.05, 0.1) is 12.7 Å². The van der Waals surface area contributed by atoms with E-state index in [-0.39, 0.29) is 24.5 Å². The molecular formula is C21H25FN2O2S. The first kappa shape index (κ1) is 19.7. The number of amidine groups is 1. The third kappa shape index (κ3) is 4.45. The molecule has 3 atom stereocenters. The molecule has 0 amide bonds. The van der Waals surface area contributed by atoms with Gasteiger partial charge < -0.3 is 15.2 Å². The Morgan fingerprint density at radius 3 is 3.00 bits per heavy atom. The van der Waals surface area contributed by atoms with E-state index in [2.05, 4.69) is 11.6 Å². The number of allylic oxidation sites excluding steroid dienone is 3. The molecule has 1 aromatic rings. The first-order chi connectivity index (χ1) is 13.0. The van der Waals surface area contributed by atoms with E-state index in [1.807, 2.05) is 37.3 Å². The van der Waals surface area contributed by atoms with Gasteiger partial charge in [0.15, 0.2) is 5.17 Å². The summed E-state index contributed by atoms with van der Waals surface area (Å²) in [6.07, 6.45) is 5.47. The molecule has 27 heavy (non-hydrogen) atoms. The molecule has 1 aromatic carbocycles. The zero-order valence-corrected chi connectivity index (χ0v) is 16.3. The van der Waals surface area contributed by atoms with Gasteiger partial charge in [-0.2, -0.15) is 0 Å². The van der Waals surface area contributed by atoms with E-state index < -0.39 is 5.54 Å². The molecule has 0 unspecified atom stereocenters. The maximum absolute atomic E-state index is 14.6. The zero-order valence-electron chi connectivity index (χ0n) is 15.4. The van der Waals surface area contributed by atoms with Gasteiger partial charge in [-0.25, -0.2) is 9.38 Å². The molecule has 0 aliphatic carbocycles. The molecule has 2 aliphatic heterocycles. The third-order valence-corrected chi connectivity index (χ3v) is 5.89. The first-order valence-electron chi connectivity index (χ1n) is 9.01. The fraction of sp³-hybridized carbons (Fsp3) is 0.381. The molecule has 0 aromatic heterocycles. The van der Waals surface area contributed by atoms with Crippen molar-refractivity contribution in [2.75, 3.05) is 19.0 Å². The second-order valence-electron chi connectivity index (χ2n) is 6.69. The van der Waals surface area contributed by atoms with Crippen LogP contribution in [0.5, 0.6) is 5.75 Å². The van der Waals surface area contributed by atoms with Gasteiger partial charge in [-0.05, 0) is 31.6 Å². The normalized spacial score (nSPS) is 28.5. The summed E-state index contributed by atoms with van der Waals surface area (Å²) in [5.74, 6) is 1.27. The number of rotatable bonds is 6. The predicted molar refractivity (Wildman–Crippen MR) is 110 cm³/mol. The highest BCUT2D eigenvalue weighted by Gasteiger charge is 2.49.